The first-order valence-electron chi connectivity index (χ1n) is 5.46. The average molecular weight is 304 g/mol. The Bertz CT molecular complexity index is 343. The zero-order valence-electron chi connectivity index (χ0n) is 9.82. The van der Waals surface area contributed by atoms with E-state index >= 15 is 0 Å². The van der Waals surface area contributed by atoms with Gasteiger partial charge in [0.1, 0.15) is 5.75 Å². The van der Waals surface area contributed by atoms with Gasteiger partial charge < -0.3 is 20.3 Å². The number of rotatable bonds is 7. The molecule has 0 heterocycles. The maximum atomic E-state index is 8.93. The van der Waals surface area contributed by atoms with Crippen LogP contribution in [0.3, 0.4) is 0 Å². The number of hydrogen-bond donors (Lipinski definition) is 3. The number of benzene rings is 1. The average Bonchev–Trinajstić information content (AvgIpc) is 2.36. The molecule has 0 saturated heterocycles. The third-order valence-electron chi connectivity index (χ3n) is 2.51. The van der Waals surface area contributed by atoms with Crippen LogP contribution >= 0.6 is 15.9 Å². The van der Waals surface area contributed by atoms with Gasteiger partial charge in [-0.05, 0) is 12.1 Å². The van der Waals surface area contributed by atoms with E-state index in [9.17, 15) is 0 Å². The van der Waals surface area contributed by atoms with Gasteiger partial charge in [-0.3, -0.25) is 0 Å². The zero-order valence-corrected chi connectivity index (χ0v) is 11.4. The van der Waals surface area contributed by atoms with Crippen LogP contribution in [0.2, 0.25) is 0 Å². The van der Waals surface area contributed by atoms with Crippen molar-refractivity contribution < 1.29 is 14.9 Å². The monoisotopic (exact) mass is 303 g/mol. The summed E-state index contributed by atoms with van der Waals surface area (Å²) in [5.74, 6) is 0.702. The fourth-order valence-corrected chi connectivity index (χ4v) is 1.80. The summed E-state index contributed by atoms with van der Waals surface area (Å²) in [5, 5.41) is 21.0. The molecule has 0 aliphatic rings. The number of methoxy groups -OCH3 is 1. The molecule has 0 atom stereocenters. The molecule has 0 aromatic heterocycles. The van der Waals surface area contributed by atoms with Gasteiger partial charge in [-0.15, -0.1) is 0 Å². The van der Waals surface area contributed by atoms with Gasteiger partial charge in [0.05, 0.1) is 7.11 Å². The van der Waals surface area contributed by atoms with Gasteiger partial charge in [0.15, 0.2) is 0 Å². The molecule has 4 nitrogen and oxygen atoms in total. The first-order chi connectivity index (χ1) is 8.21. The van der Waals surface area contributed by atoms with E-state index in [2.05, 4.69) is 21.2 Å². The van der Waals surface area contributed by atoms with Crippen molar-refractivity contribution >= 4 is 15.9 Å². The van der Waals surface area contributed by atoms with Gasteiger partial charge in [-0.2, -0.15) is 0 Å². The SMILES string of the molecule is COc1cc(Br)ccc1CNCC(CO)CO. The first kappa shape index (κ1) is 14.4. The summed E-state index contributed by atoms with van der Waals surface area (Å²) in [4.78, 5) is 0. The standard InChI is InChI=1S/C12H18BrNO3/c1-17-12-4-11(13)3-2-10(12)6-14-5-9(7-15)8-16/h2-4,9,14-16H,5-8H2,1H3. The number of hydrogen-bond acceptors (Lipinski definition) is 4. The minimum Gasteiger partial charge on any atom is -0.496 e. The van der Waals surface area contributed by atoms with Crippen LogP contribution in [0.1, 0.15) is 5.56 Å². The van der Waals surface area contributed by atoms with Crippen LogP contribution < -0.4 is 10.1 Å². The van der Waals surface area contributed by atoms with Crippen molar-refractivity contribution in [2.24, 2.45) is 5.92 Å². The molecule has 1 aromatic rings. The molecule has 0 amide bonds. The van der Waals surface area contributed by atoms with Gasteiger partial charge in [0.25, 0.3) is 0 Å². The Morgan fingerprint density at radius 2 is 2.06 bits per heavy atom. The van der Waals surface area contributed by atoms with E-state index in [1.54, 1.807) is 7.11 Å². The van der Waals surface area contributed by atoms with Crippen LogP contribution in [0, 0.1) is 5.92 Å². The summed E-state index contributed by atoms with van der Waals surface area (Å²) in [6, 6.07) is 5.84. The predicted molar refractivity (Wildman–Crippen MR) is 70.1 cm³/mol. The van der Waals surface area contributed by atoms with Gasteiger partial charge in [-0.1, -0.05) is 22.0 Å². The van der Waals surface area contributed by atoms with Crippen molar-refractivity contribution in [2.75, 3.05) is 26.9 Å². The fraction of sp³-hybridized carbons (Fsp3) is 0.500. The molecule has 96 valence electrons. The van der Waals surface area contributed by atoms with E-state index in [0.717, 1.165) is 15.8 Å². The minimum atomic E-state index is -0.114. The molecular formula is C12H18BrNO3. The molecular weight excluding hydrogens is 286 g/mol. The van der Waals surface area contributed by atoms with E-state index in [4.69, 9.17) is 14.9 Å². The number of aliphatic hydroxyl groups excluding tert-OH is 2. The van der Waals surface area contributed by atoms with Crippen molar-refractivity contribution in [3.8, 4) is 5.75 Å². The van der Waals surface area contributed by atoms with E-state index in [1.165, 1.54) is 0 Å². The molecule has 0 saturated carbocycles. The lowest BCUT2D eigenvalue weighted by molar-refractivity contribution is 0.148. The van der Waals surface area contributed by atoms with E-state index in [-0.39, 0.29) is 19.1 Å². The largest absolute Gasteiger partial charge is 0.496 e. The highest BCUT2D eigenvalue weighted by Gasteiger charge is 2.07. The first-order valence-corrected chi connectivity index (χ1v) is 6.25. The number of aliphatic hydroxyl groups is 2. The van der Waals surface area contributed by atoms with Gasteiger partial charge in [0.2, 0.25) is 0 Å². The Morgan fingerprint density at radius 3 is 2.65 bits per heavy atom. The second-order valence-corrected chi connectivity index (χ2v) is 4.73. The lowest BCUT2D eigenvalue weighted by atomic mass is 10.1. The fourth-order valence-electron chi connectivity index (χ4n) is 1.46. The summed E-state index contributed by atoms with van der Waals surface area (Å²) in [6.45, 7) is 1.20. The van der Waals surface area contributed by atoms with Crippen molar-refractivity contribution in [2.45, 2.75) is 6.54 Å². The third kappa shape index (κ3) is 4.63. The van der Waals surface area contributed by atoms with E-state index in [0.29, 0.717) is 13.1 Å². The molecule has 0 aliphatic heterocycles. The molecule has 17 heavy (non-hydrogen) atoms. The topological polar surface area (TPSA) is 61.7 Å². The maximum Gasteiger partial charge on any atom is 0.124 e. The van der Waals surface area contributed by atoms with Gasteiger partial charge in [0, 0.05) is 42.3 Å². The highest BCUT2D eigenvalue weighted by molar-refractivity contribution is 9.10. The molecule has 5 heteroatoms. The summed E-state index contributed by atoms with van der Waals surface area (Å²) in [5.41, 5.74) is 1.05. The van der Waals surface area contributed by atoms with Crippen molar-refractivity contribution in [1.29, 1.82) is 0 Å². The molecule has 0 radical (unpaired) electrons. The van der Waals surface area contributed by atoms with Crippen LogP contribution in [0.15, 0.2) is 22.7 Å². The second-order valence-electron chi connectivity index (χ2n) is 3.82. The van der Waals surface area contributed by atoms with Crippen LogP contribution in [-0.4, -0.2) is 37.1 Å². The molecule has 0 aliphatic carbocycles. The summed E-state index contributed by atoms with van der Waals surface area (Å²) in [7, 11) is 1.63. The molecule has 3 N–H and O–H groups in total. The normalized spacial score (nSPS) is 10.9. The highest BCUT2D eigenvalue weighted by Crippen LogP contribution is 2.23. The lowest BCUT2D eigenvalue weighted by Gasteiger charge is -2.13. The quantitative estimate of drug-likeness (QED) is 0.707. The summed E-state index contributed by atoms with van der Waals surface area (Å²) >= 11 is 3.38. The van der Waals surface area contributed by atoms with Crippen molar-refractivity contribution in [3.05, 3.63) is 28.2 Å². The van der Waals surface area contributed by atoms with Gasteiger partial charge in [-0.25, -0.2) is 0 Å². The Kier molecular flexibility index (Phi) is 6.50. The smallest absolute Gasteiger partial charge is 0.124 e. The van der Waals surface area contributed by atoms with Crippen LogP contribution in [-0.2, 0) is 6.54 Å². The Balaban J connectivity index is 2.51. The third-order valence-corrected chi connectivity index (χ3v) is 3.01. The number of nitrogens with one attached hydrogen (secondary N) is 1. The predicted octanol–water partition coefficient (Wildman–Crippen LogP) is 1.15. The minimum absolute atomic E-state index is 0.0129. The van der Waals surface area contributed by atoms with Crippen LogP contribution in [0.5, 0.6) is 5.75 Å². The van der Waals surface area contributed by atoms with E-state index in [1.807, 2.05) is 18.2 Å². The lowest BCUT2D eigenvalue weighted by Crippen LogP contribution is -2.27. The summed E-state index contributed by atoms with van der Waals surface area (Å²) < 4.78 is 6.24. The van der Waals surface area contributed by atoms with Crippen molar-refractivity contribution in [1.82, 2.24) is 5.32 Å². The summed E-state index contributed by atoms with van der Waals surface area (Å²) in [6.07, 6.45) is 0. The number of halogens is 1. The highest BCUT2D eigenvalue weighted by atomic mass is 79.9. The molecule has 0 fully saturated rings. The van der Waals surface area contributed by atoms with Crippen LogP contribution in [0.4, 0.5) is 0 Å². The molecule has 0 bridgehead atoms. The Morgan fingerprint density at radius 1 is 1.35 bits per heavy atom. The zero-order chi connectivity index (χ0) is 12.7. The molecule has 0 unspecified atom stereocenters. The molecule has 1 rings (SSSR count). The molecule has 0 spiro atoms. The Labute approximate surface area is 110 Å². The second kappa shape index (κ2) is 7.66. The van der Waals surface area contributed by atoms with Gasteiger partial charge >= 0.3 is 0 Å². The molecule has 1 aromatic carbocycles. The van der Waals surface area contributed by atoms with E-state index < -0.39 is 0 Å². The Hall–Kier alpha value is -0.620. The van der Waals surface area contributed by atoms with Crippen LogP contribution in [0.25, 0.3) is 0 Å². The van der Waals surface area contributed by atoms with Crippen molar-refractivity contribution in [3.63, 3.8) is 0 Å². The maximum absolute atomic E-state index is 8.93. The number of ether oxygens (including phenoxy) is 1.